The number of carboxylic acid groups (broad SMARTS) is 1. The van der Waals surface area contributed by atoms with Crippen LogP contribution in [0, 0.1) is 5.82 Å². The summed E-state index contributed by atoms with van der Waals surface area (Å²) in [5.74, 6) is -0.257. The zero-order valence-corrected chi connectivity index (χ0v) is 13.8. The summed E-state index contributed by atoms with van der Waals surface area (Å²) in [6.07, 6.45) is 2.54. The minimum Gasteiger partial charge on any atom is -0.496 e. The summed E-state index contributed by atoms with van der Waals surface area (Å²) in [7, 11) is 1.54. The molecular formula is C17H14BrFO4. The highest BCUT2D eigenvalue weighted by Crippen LogP contribution is 2.28. The monoisotopic (exact) mass is 380 g/mol. The number of aliphatic carboxylic acids is 1. The first-order valence-corrected chi connectivity index (χ1v) is 7.44. The molecule has 6 heteroatoms. The van der Waals surface area contributed by atoms with Gasteiger partial charge in [-0.05, 0) is 57.9 Å². The van der Waals surface area contributed by atoms with Crippen LogP contribution in [0.1, 0.15) is 11.1 Å². The van der Waals surface area contributed by atoms with Gasteiger partial charge in [-0.3, -0.25) is 0 Å². The van der Waals surface area contributed by atoms with Gasteiger partial charge in [-0.25, -0.2) is 9.18 Å². The third-order valence-electron chi connectivity index (χ3n) is 3.00. The molecule has 0 spiro atoms. The molecule has 0 aliphatic rings. The van der Waals surface area contributed by atoms with E-state index in [1.165, 1.54) is 24.3 Å². The summed E-state index contributed by atoms with van der Waals surface area (Å²) >= 11 is 3.24. The van der Waals surface area contributed by atoms with E-state index in [1.807, 2.05) is 0 Å². The Hall–Kier alpha value is -2.34. The zero-order valence-electron chi connectivity index (χ0n) is 12.3. The summed E-state index contributed by atoms with van der Waals surface area (Å²) in [5.41, 5.74) is 1.46. The Morgan fingerprint density at radius 3 is 2.65 bits per heavy atom. The van der Waals surface area contributed by atoms with Gasteiger partial charge < -0.3 is 14.6 Å². The van der Waals surface area contributed by atoms with Gasteiger partial charge in [0.05, 0.1) is 11.6 Å². The van der Waals surface area contributed by atoms with E-state index in [1.54, 1.807) is 25.3 Å². The first-order valence-electron chi connectivity index (χ1n) is 6.65. The Morgan fingerprint density at radius 1 is 1.26 bits per heavy atom. The quantitative estimate of drug-likeness (QED) is 0.760. The molecule has 2 aromatic rings. The molecule has 0 aliphatic carbocycles. The van der Waals surface area contributed by atoms with E-state index in [2.05, 4.69) is 15.9 Å². The number of hydrogen-bond donors (Lipinski definition) is 1. The maximum atomic E-state index is 13.1. The number of ether oxygens (including phenoxy) is 2. The molecule has 2 aromatic carbocycles. The average molecular weight is 381 g/mol. The molecule has 0 radical (unpaired) electrons. The second kappa shape index (κ2) is 7.78. The summed E-state index contributed by atoms with van der Waals surface area (Å²) in [6.45, 7) is 0.197. The van der Waals surface area contributed by atoms with E-state index in [0.29, 0.717) is 21.5 Å². The van der Waals surface area contributed by atoms with Crippen LogP contribution >= 0.6 is 15.9 Å². The number of benzene rings is 2. The SMILES string of the molecule is COc1ccc(/C=C/C(=O)O)cc1COc1ccc(F)cc1Br. The van der Waals surface area contributed by atoms with Crippen LogP contribution in [0.2, 0.25) is 0 Å². The molecule has 0 aromatic heterocycles. The fourth-order valence-corrected chi connectivity index (χ4v) is 2.40. The van der Waals surface area contributed by atoms with Crippen LogP contribution in [0.5, 0.6) is 11.5 Å². The van der Waals surface area contributed by atoms with Crippen molar-refractivity contribution in [1.82, 2.24) is 0 Å². The second-order valence-corrected chi connectivity index (χ2v) is 5.46. The number of carbonyl (C=O) groups is 1. The van der Waals surface area contributed by atoms with Crippen molar-refractivity contribution in [2.75, 3.05) is 7.11 Å². The van der Waals surface area contributed by atoms with Gasteiger partial charge >= 0.3 is 5.97 Å². The second-order valence-electron chi connectivity index (χ2n) is 4.61. The normalized spacial score (nSPS) is 10.7. The lowest BCUT2D eigenvalue weighted by atomic mass is 10.1. The maximum Gasteiger partial charge on any atom is 0.328 e. The van der Waals surface area contributed by atoms with Crippen molar-refractivity contribution >= 4 is 28.0 Å². The molecule has 1 N–H and O–H groups in total. The standard InChI is InChI=1S/C17H14BrFO4/c1-22-15-5-2-11(3-7-17(20)21)8-12(15)10-23-16-6-4-13(19)9-14(16)18/h2-9H,10H2,1H3,(H,20,21)/b7-3+. The number of carboxylic acids is 1. The third-order valence-corrected chi connectivity index (χ3v) is 3.62. The number of methoxy groups -OCH3 is 1. The average Bonchev–Trinajstić information content (AvgIpc) is 2.52. The number of hydrogen-bond acceptors (Lipinski definition) is 3. The minimum atomic E-state index is -1.02. The Bertz CT molecular complexity index is 743. The molecular weight excluding hydrogens is 367 g/mol. The van der Waals surface area contributed by atoms with Crippen molar-refractivity contribution < 1.29 is 23.8 Å². The first-order chi connectivity index (χ1) is 11.0. The minimum absolute atomic E-state index is 0.197. The van der Waals surface area contributed by atoms with Crippen molar-refractivity contribution in [1.29, 1.82) is 0 Å². The largest absolute Gasteiger partial charge is 0.496 e. The molecule has 0 bridgehead atoms. The van der Waals surface area contributed by atoms with Crippen LogP contribution in [0.4, 0.5) is 4.39 Å². The van der Waals surface area contributed by atoms with Crippen LogP contribution in [0.15, 0.2) is 46.9 Å². The fourth-order valence-electron chi connectivity index (χ4n) is 1.93. The summed E-state index contributed by atoms with van der Waals surface area (Å²) in [5, 5.41) is 8.68. The molecule has 4 nitrogen and oxygen atoms in total. The van der Waals surface area contributed by atoms with E-state index in [-0.39, 0.29) is 12.4 Å². The number of rotatable bonds is 6. The van der Waals surface area contributed by atoms with E-state index in [9.17, 15) is 9.18 Å². The van der Waals surface area contributed by atoms with Crippen LogP contribution in [0.3, 0.4) is 0 Å². The van der Waals surface area contributed by atoms with Crippen molar-refractivity contribution in [2.24, 2.45) is 0 Å². The highest BCUT2D eigenvalue weighted by molar-refractivity contribution is 9.10. The van der Waals surface area contributed by atoms with E-state index < -0.39 is 5.97 Å². The van der Waals surface area contributed by atoms with Gasteiger partial charge in [0, 0.05) is 11.6 Å². The van der Waals surface area contributed by atoms with Crippen LogP contribution < -0.4 is 9.47 Å². The van der Waals surface area contributed by atoms with Gasteiger partial charge in [0.2, 0.25) is 0 Å². The predicted molar refractivity (Wildman–Crippen MR) is 88.1 cm³/mol. The molecule has 0 heterocycles. The van der Waals surface area contributed by atoms with Crippen LogP contribution in [-0.4, -0.2) is 18.2 Å². The molecule has 0 amide bonds. The van der Waals surface area contributed by atoms with Crippen LogP contribution in [-0.2, 0) is 11.4 Å². The molecule has 2 rings (SSSR count). The van der Waals surface area contributed by atoms with E-state index >= 15 is 0 Å². The van der Waals surface area contributed by atoms with E-state index in [4.69, 9.17) is 14.6 Å². The lowest BCUT2D eigenvalue weighted by molar-refractivity contribution is -0.131. The maximum absolute atomic E-state index is 13.1. The molecule has 23 heavy (non-hydrogen) atoms. The van der Waals surface area contributed by atoms with Gasteiger partial charge in [-0.15, -0.1) is 0 Å². The summed E-state index contributed by atoms with van der Waals surface area (Å²) in [4.78, 5) is 10.6. The summed E-state index contributed by atoms with van der Waals surface area (Å²) < 4.78 is 24.5. The molecule has 0 fully saturated rings. The highest BCUT2D eigenvalue weighted by Gasteiger charge is 2.07. The number of halogens is 2. The van der Waals surface area contributed by atoms with Crippen LogP contribution in [0.25, 0.3) is 6.08 Å². The lowest BCUT2D eigenvalue weighted by Crippen LogP contribution is -2.00. The Labute approximate surface area is 141 Å². The molecule has 0 saturated carbocycles. The van der Waals surface area contributed by atoms with Gasteiger partial charge in [0.25, 0.3) is 0 Å². The Morgan fingerprint density at radius 2 is 2.00 bits per heavy atom. The fraction of sp³-hybridized carbons (Fsp3) is 0.118. The molecule has 0 unspecified atom stereocenters. The Kier molecular flexibility index (Phi) is 5.76. The van der Waals surface area contributed by atoms with E-state index in [0.717, 1.165) is 11.6 Å². The van der Waals surface area contributed by atoms with Crippen molar-refractivity contribution in [2.45, 2.75) is 6.61 Å². The van der Waals surface area contributed by atoms with Gasteiger partial charge in [-0.2, -0.15) is 0 Å². The van der Waals surface area contributed by atoms with Gasteiger partial charge in [0.1, 0.15) is 23.9 Å². The smallest absolute Gasteiger partial charge is 0.328 e. The lowest BCUT2D eigenvalue weighted by Gasteiger charge is -2.12. The van der Waals surface area contributed by atoms with Gasteiger partial charge in [0.15, 0.2) is 0 Å². The van der Waals surface area contributed by atoms with Crippen molar-refractivity contribution in [3.05, 3.63) is 63.9 Å². The topological polar surface area (TPSA) is 55.8 Å². The third kappa shape index (κ3) is 4.82. The molecule has 0 saturated heterocycles. The predicted octanol–water partition coefficient (Wildman–Crippen LogP) is 4.27. The molecule has 0 aliphatic heterocycles. The zero-order chi connectivity index (χ0) is 16.8. The summed E-state index contributed by atoms with van der Waals surface area (Å²) in [6, 6.07) is 9.41. The van der Waals surface area contributed by atoms with Gasteiger partial charge in [-0.1, -0.05) is 6.07 Å². The Balaban J connectivity index is 2.20. The molecule has 0 atom stereocenters. The van der Waals surface area contributed by atoms with Crippen molar-refractivity contribution in [3.63, 3.8) is 0 Å². The highest BCUT2D eigenvalue weighted by atomic mass is 79.9. The molecule has 120 valence electrons. The first kappa shape index (κ1) is 17.0. The van der Waals surface area contributed by atoms with Crippen molar-refractivity contribution in [3.8, 4) is 11.5 Å².